The molecule has 108 valence electrons. The van der Waals surface area contributed by atoms with Gasteiger partial charge in [-0.1, -0.05) is 29.8 Å². The van der Waals surface area contributed by atoms with Gasteiger partial charge in [-0.25, -0.2) is 4.39 Å². The van der Waals surface area contributed by atoms with Crippen LogP contribution in [0.3, 0.4) is 0 Å². The number of nitrogens with zero attached hydrogens (tertiary/aromatic N) is 1. The van der Waals surface area contributed by atoms with E-state index >= 15 is 0 Å². The van der Waals surface area contributed by atoms with Crippen LogP contribution in [-0.2, 0) is 0 Å². The van der Waals surface area contributed by atoms with Crippen LogP contribution in [0.5, 0.6) is 0 Å². The maximum absolute atomic E-state index is 13.0. The molecule has 21 heavy (non-hydrogen) atoms. The standard InChI is InChI=1S/C17H16FNOS/c1-12-2-4-13(5-3-12)16(20)19-10-11-21-17(19)14-6-8-15(18)9-7-14/h2-9,17H,10-11H2,1H3/t17-/m1/s1. The molecule has 0 unspecified atom stereocenters. The number of hydrogen-bond donors (Lipinski definition) is 0. The zero-order valence-electron chi connectivity index (χ0n) is 11.8. The summed E-state index contributed by atoms with van der Waals surface area (Å²) in [5.74, 6) is 0.687. The molecule has 0 radical (unpaired) electrons. The van der Waals surface area contributed by atoms with Gasteiger partial charge in [0, 0.05) is 17.9 Å². The first-order valence-corrected chi connectivity index (χ1v) is 7.95. The van der Waals surface area contributed by atoms with Gasteiger partial charge in [0.15, 0.2) is 0 Å². The van der Waals surface area contributed by atoms with E-state index in [1.165, 1.54) is 12.1 Å². The number of thioether (sulfide) groups is 1. The van der Waals surface area contributed by atoms with Crippen LogP contribution in [-0.4, -0.2) is 23.1 Å². The van der Waals surface area contributed by atoms with E-state index in [2.05, 4.69) is 0 Å². The molecule has 1 atom stereocenters. The molecule has 0 aromatic heterocycles. The molecule has 0 bridgehead atoms. The predicted molar refractivity (Wildman–Crippen MR) is 83.8 cm³/mol. The zero-order valence-corrected chi connectivity index (χ0v) is 12.6. The Hall–Kier alpha value is -1.81. The molecule has 0 N–H and O–H groups in total. The van der Waals surface area contributed by atoms with Crippen molar-refractivity contribution in [3.63, 3.8) is 0 Å². The fraction of sp³-hybridized carbons (Fsp3) is 0.235. The highest BCUT2D eigenvalue weighted by molar-refractivity contribution is 7.99. The highest BCUT2D eigenvalue weighted by atomic mass is 32.2. The molecule has 4 heteroatoms. The Labute approximate surface area is 128 Å². The molecular formula is C17H16FNOS. The van der Waals surface area contributed by atoms with Crippen molar-refractivity contribution in [2.24, 2.45) is 0 Å². The number of benzene rings is 2. The van der Waals surface area contributed by atoms with Crippen LogP contribution < -0.4 is 0 Å². The van der Waals surface area contributed by atoms with Gasteiger partial charge in [-0.05, 0) is 36.8 Å². The second-order valence-corrected chi connectivity index (χ2v) is 6.33. The van der Waals surface area contributed by atoms with E-state index in [4.69, 9.17) is 0 Å². The summed E-state index contributed by atoms with van der Waals surface area (Å²) in [6.45, 7) is 2.72. The molecule has 0 aliphatic carbocycles. The fourth-order valence-corrected chi connectivity index (χ4v) is 3.70. The molecule has 2 aromatic carbocycles. The van der Waals surface area contributed by atoms with Gasteiger partial charge in [0.2, 0.25) is 0 Å². The molecule has 1 fully saturated rings. The number of halogens is 1. The average molecular weight is 301 g/mol. The lowest BCUT2D eigenvalue weighted by Gasteiger charge is -2.24. The molecule has 1 saturated heterocycles. The van der Waals surface area contributed by atoms with Crippen molar-refractivity contribution < 1.29 is 9.18 Å². The van der Waals surface area contributed by atoms with Crippen molar-refractivity contribution >= 4 is 17.7 Å². The van der Waals surface area contributed by atoms with E-state index in [1.54, 1.807) is 23.9 Å². The van der Waals surface area contributed by atoms with Gasteiger partial charge >= 0.3 is 0 Å². The van der Waals surface area contributed by atoms with Gasteiger partial charge in [-0.3, -0.25) is 4.79 Å². The fourth-order valence-electron chi connectivity index (χ4n) is 2.44. The molecular weight excluding hydrogens is 285 g/mol. The summed E-state index contributed by atoms with van der Waals surface area (Å²) < 4.78 is 13.0. The summed E-state index contributed by atoms with van der Waals surface area (Å²) in [5, 5.41) is -0.0283. The number of rotatable bonds is 2. The molecule has 3 rings (SSSR count). The number of carbonyl (C=O) groups excluding carboxylic acids is 1. The van der Waals surface area contributed by atoms with Crippen LogP contribution in [0.15, 0.2) is 48.5 Å². The topological polar surface area (TPSA) is 20.3 Å². The molecule has 1 heterocycles. The van der Waals surface area contributed by atoms with Crippen molar-refractivity contribution in [1.29, 1.82) is 0 Å². The summed E-state index contributed by atoms with van der Waals surface area (Å²) >= 11 is 1.72. The van der Waals surface area contributed by atoms with Crippen molar-refractivity contribution in [3.8, 4) is 0 Å². The van der Waals surface area contributed by atoms with E-state index in [0.29, 0.717) is 5.56 Å². The molecule has 0 saturated carbocycles. The zero-order chi connectivity index (χ0) is 14.8. The van der Waals surface area contributed by atoms with Crippen molar-refractivity contribution in [3.05, 3.63) is 71.0 Å². The second-order valence-electron chi connectivity index (χ2n) is 5.14. The Bertz CT molecular complexity index is 639. The van der Waals surface area contributed by atoms with Crippen LogP contribution in [0, 0.1) is 12.7 Å². The molecule has 1 amide bonds. The van der Waals surface area contributed by atoms with Crippen molar-refractivity contribution in [2.45, 2.75) is 12.3 Å². The lowest BCUT2D eigenvalue weighted by molar-refractivity contribution is 0.0760. The highest BCUT2D eigenvalue weighted by Gasteiger charge is 2.31. The molecule has 1 aliphatic rings. The van der Waals surface area contributed by atoms with E-state index in [-0.39, 0.29) is 17.1 Å². The van der Waals surface area contributed by atoms with Gasteiger partial charge in [-0.15, -0.1) is 11.8 Å². The first-order chi connectivity index (χ1) is 10.1. The van der Waals surface area contributed by atoms with Gasteiger partial charge < -0.3 is 4.90 Å². The summed E-state index contributed by atoms with van der Waals surface area (Å²) in [6.07, 6.45) is 0. The van der Waals surface area contributed by atoms with Crippen molar-refractivity contribution in [2.75, 3.05) is 12.3 Å². The van der Waals surface area contributed by atoms with Crippen LogP contribution in [0.2, 0.25) is 0 Å². The number of aryl methyl sites for hydroxylation is 1. The maximum Gasteiger partial charge on any atom is 0.255 e. The minimum atomic E-state index is -0.252. The number of hydrogen-bond acceptors (Lipinski definition) is 2. The molecule has 2 nitrogen and oxygen atoms in total. The van der Waals surface area contributed by atoms with Crippen LogP contribution in [0.4, 0.5) is 4.39 Å². The van der Waals surface area contributed by atoms with E-state index in [1.807, 2.05) is 36.1 Å². The Morgan fingerprint density at radius 1 is 1.14 bits per heavy atom. The Kier molecular flexibility index (Phi) is 3.97. The second kappa shape index (κ2) is 5.90. The third kappa shape index (κ3) is 2.95. The molecule has 2 aromatic rings. The molecule has 1 aliphatic heterocycles. The summed E-state index contributed by atoms with van der Waals surface area (Å²) in [7, 11) is 0. The average Bonchev–Trinajstić information content (AvgIpc) is 2.97. The Morgan fingerprint density at radius 2 is 1.81 bits per heavy atom. The normalized spacial score (nSPS) is 18.0. The maximum atomic E-state index is 13.0. The minimum Gasteiger partial charge on any atom is -0.322 e. The lowest BCUT2D eigenvalue weighted by Crippen LogP contribution is -2.30. The third-order valence-electron chi connectivity index (χ3n) is 3.61. The smallest absolute Gasteiger partial charge is 0.255 e. The van der Waals surface area contributed by atoms with Gasteiger partial charge in [0.25, 0.3) is 5.91 Å². The Balaban J connectivity index is 1.85. The lowest BCUT2D eigenvalue weighted by atomic mass is 10.1. The van der Waals surface area contributed by atoms with Gasteiger partial charge in [-0.2, -0.15) is 0 Å². The number of carbonyl (C=O) groups is 1. The number of amides is 1. The first-order valence-electron chi connectivity index (χ1n) is 6.90. The van der Waals surface area contributed by atoms with Gasteiger partial charge in [0.1, 0.15) is 11.2 Å². The summed E-state index contributed by atoms with van der Waals surface area (Å²) in [4.78, 5) is 14.5. The van der Waals surface area contributed by atoms with Crippen LogP contribution in [0.1, 0.15) is 26.9 Å². The van der Waals surface area contributed by atoms with Crippen molar-refractivity contribution in [1.82, 2.24) is 4.90 Å². The highest BCUT2D eigenvalue weighted by Crippen LogP contribution is 2.38. The summed E-state index contributed by atoms with van der Waals surface area (Å²) in [6, 6.07) is 14.0. The minimum absolute atomic E-state index is 0.0283. The monoisotopic (exact) mass is 301 g/mol. The molecule has 0 spiro atoms. The third-order valence-corrected chi connectivity index (χ3v) is 4.87. The first kappa shape index (κ1) is 14.1. The van der Waals surface area contributed by atoms with Gasteiger partial charge in [0.05, 0.1) is 0 Å². The van der Waals surface area contributed by atoms with E-state index < -0.39 is 0 Å². The van der Waals surface area contributed by atoms with Crippen LogP contribution >= 0.6 is 11.8 Å². The predicted octanol–water partition coefficient (Wildman–Crippen LogP) is 4.02. The Morgan fingerprint density at radius 3 is 2.48 bits per heavy atom. The summed E-state index contributed by atoms with van der Waals surface area (Å²) in [5.41, 5.74) is 2.81. The largest absolute Gasteiger partial charge is 0.322 e. The SMILES string of the molecule is Cc1ccc(C(=O)N2CCS[C@@H]2c2ccc(F)cc2)cc1. The van der Waals surface area contributed by atoms with E-state index in [0.717, 1.165) is 23.4 Å². The quantitative estimate of drug-likeness (QED) is 0.835. The van der Waals surface area contributed by atoms with E-state index in [9.17, 15) is 9.18 Å². The van der Waals surface area contributed by atoms with Crippen LogP contribution in [0.25, 0.3) is 0 Å².